The Kier molecular flexibility index (Phi) is 5.81. The summed E-state index contributed by atoms with van der Waals surface area (Å²) >= 11 is 0. The summed E-state index contributed by atoms with van der Waals surface area (Å²) in [6, 6.07) is -0.643. The highest BCUT2D eigenvalue weighted by Gasteiger charge is 2.42. The van der Waals surface area contributed by atoms with Crippen molar-refractivity contribution in [3.8, 4) is 0 Å². The molecule has 130 valence electrons. The van der Waals surface area contributed by atoms with Crippen molar-refractivity contribution in [1.29, 1.82) is 0 Å². The lowest BCUT2D eigenvalue weighted by Gasteiger charge is -2.40. The molecule has 0 radical (unpaired) electrons. The minimum Gasteiger partial charge on any atom is -0.465 e. The van der Waals surface area contributed by atoms with Crippen molar-refractivity contribution in [3.05, 3.63) is 0 Å². The molecule has 2 aliphatic rings. The van der Waals surface area contributed by atoms with E-state index in [1.807, 2.05) is 0 Å². The number of rotatable bonds is 5. The topological polar surface area (TPSA) is 108 Å². The fraction of sp³-hybridized carbons (Fsp3) is 0.800. The number of nitrogens with zero attached hydrogens (tertiary/aromatic N) is 1. The number of carbonyl (C=O) groups excluding carboxylic acids is 2. The third-order valence-electron chi connectivity index (χ3n) is 4.78. The smallest absolute Gasteiger partial charge is 0.405 e. The maximum atomic E-state index is 12.5. The van der Waals surface area contributed by atoms with E-state index in [2.05, 4.69) is 10.6 Å². The molecular weight excluding hydrogens is 302 g/mol. The molecule has 0 aromatic heterocycles. The SMILES string of the molecule is CO[C@@H]1CC[C@H](N2CC[C@H](NC(=O)O)C2=O)[C@H](CNC(C)=O)C1. The summed E-state index contributed by atoms with van der Waals surface area (Å²) in [5.74, 6) is -0.146. The van der Waals surface area contributed by atoms with Gasteiger partial charge in [-0.3, -0.25) is 9.59 Å². The summed E-state index contributed by atoms with van der Waals surface area (Å²) < 4.78 is 5.43. The van der Waals surface area contributed by atoms with Crippen LogP contribution in [0.4, 0.5) is 4.79 Å². The van der Waals surface area contributed by atoms with Crippen LogP contribution in [0.2, 0.25) is 0 Å². The van der Waals surface area contributed by atoms with Gasteiger partial charge in [0.15, 0.2) is 0 Å². The minimum atomic E-state index is -1.18. The second-order valence-electron chi connectivity index (χ2n) is 6.26. The Balaban J connectivity index is 2.04. The summed E-state index contributed by atoms with van der Waals surface area (Å²) in [6.07, 6.45) is 1.89. The average molecular weight is 327 g/mol. The van der Waals surface area contributed by atoms with E-state index in [-0.39, 0.29) is 29.9 Å². The number of hydrogen-bond donors (Lipinski definition) is 3. The van der Waals surface area contributed by atoms with Crippen LogP contribution >= 0.6 is 0 Å². The van der Waals surface area contributed by atoms with Crippen molar-refractivity contribution < 1.29 is 24.2 Å². The molecule has 8 nitrogen and oxygen atoms in total. The third-order valence-corrected chi connectivity index (χ3v) is 4.78. The predicted molar refractivity (Wildman–Crippen MR) is 81.9 cm³/mol. The largest absolute Gasteiger partial charge is 0.465 e. The summed E-state index contributed by atoms with van der Waals surface area (Å²) in [4.78, 5) is 36.2. The number of hydrogen-bond acceptors (Lipinski definition) is 4. The molecule has 0 spiro atoms. The van der Waals surface area contributed by atoms with E-state index in [9.17, 15) is 14.4 Å². The molecule has 3 amide bonds. The maximum absolute atomic E-state index is 12.5. The molecule has 8 heteroatoms. The molecule has 0 aromatic rings. The molecule has 4 atom stereocenters. The highest BCUT2D eigenvalue weighted by atomic mass is 16.5. The Bertz CT molecular complexity index is 470. The molecule has 23 heavy (non-hydrogen) atoms. The molecule has 2 fully saturated rings. The fourth-order valence-corrected chi connectivity index (χ4v) is 3.64. The molecule has 0 bridgehead atoms. The van der Waals surface area contributed by atoms with Gasteiger partial charge in [-0.15, -0.1) is 0 Å². The Labute approximate surface area is 135 Å². The molecule has 1 saturated heterocycles. The molecule has 0 unspecified atom stereocenters. The van der Waals surface area contributed by atoms with Crippen LogP contribution in [0.25, 0.3) is 0 Å². The van der Waals surface area contributed by atoms with Gasteiger partial charge >= 0.3 is 6.09 Å². The first kappa shape index (κ1) is 17.5. The van der Waals surface area contributed by atoms with Gasteiger partial charge in [-0.25, -0.2) is 4.79 Å². The number of likely N-dealkylation sites (tertiary alicyclic amines) is 1. The van der Waals surface area contributed by atoms with Crippen molar-refractivity contribution in [2.24, 2.45) is 5.92 Å². The number of amides is 3. The van der Waals surface area contributed by atoms with Gasteiger partial charge < -0.3 is 25.4 Å². The van der Waals surface area contributed by atoms with Crippen LogP contribution < -0.4 is 10.6 Å². The van der Waals surface area contributed by atoms with Gasteiger partial charge in [0.2, 0.25) is 11.8 Å². The predicted octanol–water partition coefficient (Wildman–Crippen LogP) is 0.175. The van der Waals surface area contributed by atoms with E-state index < -0.39 is 12.1 Å². The van der Waals surface area contributed by atoms with Crippen LogP contribution in [-0.2, 0) is 14.3 Å². The van der Waals surface area contributed by atoms with Crippen LogP contribution in [0.3, 0.4) is 0 Å². The van der Waals surface area contributed by atoms with Crippen LogP contribution in [-0.4, -0.2) is 66.3 Å². The molecule has 3 N–H and O–H groups in total. The Hall–Kier alpha value is -1.83. The molecule has 1 aliphatic carbocycles. The third kappa shape index (κ3) is 4.34. The highest BCUT2D eigenvalue weighted by Crippen LogP contribution is 2.32. The van der Waals surface area contributed by atoms with E-state index in [1.165, 1.54) is 6.92 Å². The number of carbonyl (C=O) groups is 3. The van der Waals surface area contributed by atoms with Gasteiger partial charge in [-0.05, 0) is 31.6 Å². The lowest BCUT2D eigenvalue weighted by Crippen LogP contribution is -2.51. The van der Waals surface area contributed by atoms with Crippen LogP contribution in [0.15, 0.2) is 0 Å². The Morgan fingerprint density at radius 2 is 2.09 bits per heavy atom. The van der Waals surface area contributed by atoms with Crippen molar-refractivity contribution in [2.45, 2.75) is 50.8 Å². The summed E-state index contributed by atoms with van der Waals surface area (Å²) in [6.45, 7) is 2.52. The first-order valence-electron chi connectivity index (χ1n) is 7.99. The number of ether oxygens (including phenoxy) is 1. The zero-order chi connectivity index (χ0) is 17.0. The molecule has 1 aliphatic heterocycles. The molecule has 0 aromatic carbocycles. The van der Waals surface area contributed by atoms with Gasteiger partial charge in [-0.1, -0.05) is 0 Å². The van der Waals surface area contributed by atoms with Gasteiger partial charge in [0.25, 0.3) is 0 Å². The van der Waals surface area contributed by atoms with Gasteiger partial charge in [0.1, 0.15) is 6.04 Å². The van der Waals surface area contributed by atoms with Gasteiger partial charge in [0, 0.05) is 33.2 Å². The normalized spacial score (nSPS) is 31.0. The number of carboxylic acid groups (broad SMARTS) is 1. The second kappa shape index (κ2) is 7.63. The van der Waals surface area contributed by atoms with Crippen LogP contribution in [0, 0.1) is 5.92 Å². The van der Waals surface area contributed by atoms with E-state index in [4.69, 9.17) is 9.84 Å². The van der Waals surface area contributed by atoms with E-state index in [0.29, 0.717) is 19.5 Å². The average Bonchev–Trinajstić information content (AvgIpc) is 2.85. The summed E-state index contributed by atoms with van der Waals surface area (Å²) in [5, 5.41) is 13.9. The minimum absolute atomic E-state index is 0.0151. The van der Waals surface area contributed by atoms with Gasteiger partial charge in [-0.2, -0.15) is 0 Å². The first-order chi connectivity index (χ1) is 10.9. The molecular formula is C15H25N3O5. The zero-order valence-electron chi connectivity index (χ0n) is 13.6. The van der Waals surface area contributed by atoms with Crippen LogP contribution in [0.5, 0.6) is 0 Å². The monoisotopic (exact) mass is 327 g/mol. The van der Waals surface area contributed by atoms with E-state index in [0.717, 1.165) is 19.3 Å². The molecule has 2 rings (SSSR count). The molecule has 1 heterocycles. The van der Waals surface area contributed by atoms with Crippen molar-refractivity contribution in [1.82, 2.24) is 15.5 Å². The Morgan fingerprint density at radius 3 is 2.70 bits per heavy atom. The Morgan fingerprint density at radius 1 is 1.35 bits per heavy atom. The quantitative estimate of drug-likeness (QED) is 0.667. The zero-order valence-corrected chi connectivity index (χ0v) is 13.6. The second-order valence-corrected chi connectivity index (χ2v) is 6.26. The highest BCUT2D eigenvalue weighted by molar-refractivity contribution is 5.87. The first-order valence-corrected chi connectivity index (χ1v) is 7.99. The summed E-state index contributed by atoms with van der Waals surface area (Å²) in [5.41, 5.74) is 0. The van der Waals surface area contributed by atoms with Crippen molar-refractivity contribution in [3.63, 3.8) is 0 Å². The number of methoxy groups -OCH3 is 1. The van der Waals surface area contributed by atoms with Gasteiger partial charge in [0.05, 0.1) is 6.10 Å². The van der Waals surface area contributed by atoms with Crippen molar-refractivity contribution >= 4 is 17.9 Å². The number of nitrogens with one attached hydrogen (secondary N) is 2. The van der Waals surface area contributed by atoms with Crippen molar-refractivity contribution in [2.75, 3.05) is 20.2 Å². The summed E-state index contributed by atoms with van der Waals surface area (Å²) in [7, 11) is 1.67. The fourth-order valence-electron chi connectivity index (χ4n) is 3.64. The lowest BCUT2D eigenvalue weighted by atomic mass is 9.81. The molecule has 1 saturated carbocycles. The lowest BCUT2D eigenvalue weighted by molar-refractivity contribution is -0.133. The van der Waals surface area contributed by atoms with Crippen LogP contribution in [0.1, 0.15) is 32.6 Å². The van der Waals surface area contributed by atoms with E-state index in [1.54, 1.807) is 12.0 Å². The van der Waals surface area contributed by atoms with E-state index >= 15 is 0 Å². The standard InChI is InChI=1S/C15H25N3O5/c1-9(19)16-8-10-7-11(23-2)3-4-13(10)18-6-5-12(14(18)20)17-15(21)22/h10-13,17H,3-8H2,1-2H3,(H,16,19)(H,21,22)/t10-,11+,12-,13-/m0/s1. The maximum Gasteiger partial charge on any atom is 0.405 e.